The molecule has 0 unspecified atom stereocenters. The predicted molar refractivity (Wildman–Crippen MR) is 72.2 cm³/mol. The zero-order valence-corrected chi connectivity index (χ0v) is 11.5. The minimum Gasteiger partial charge on any atom is -0.359 e. The molecule has 0 N–H and O–H groups in total. The minimum atomic E-state index is -0.455. The molecule has 0 fully saturated rings. The molecule has 6 heteroatoms. The molecule has 21 heavy (non-hydrogen) atoms. The summed E-state index contributed by atoms with van der Waals surface area (Å²) >= 11 is 0. The maximum absolute atomic E-state index is 12.1. The number of aryl methyl sites for hydroxylation is 1. The number of fused-ring (bicyclic) bond motifs is 1. The largest absolute Gasteiger partial charge is 0.359 e. The number of hydrogen-bond donors (Lipinski definition) is 0. The average molecular weight is 286 g/mol. The summed E-state index contributed by atoms with van der Waals surface area (Å²) in [6, 6.07) is 8.39. The van der Waals surface area contributed by atoms with Crippen LogP contribution >= 0.6 is 0 Å². The number of hydroxylamine groups is 2. The van der Waals surface area contributed by atoms with Gasteiger partial charge in [-0.1, -0.05) is 30.6 Å². The molecule has 0 aliphatic carbocycles. The number of hydrogen-bond acceptors (Lipinski definition) is 5. The van der Waals surface area contributed by atoms with Crippen LogP contribution < -0.4 is 0 Å². The second kappa shape index (κ2) is 5.49. The van der Waals surface area contributed by atoms with E-state index in [0.29, 0.717) is 16.9 Å². The Balaban J connectivity index is 1.69. The lowest BCUT2D eigenvalue weighted by Gasteiger charge is -2.11. The maximum atomic E-state index is 12.1. The third-order valence-electron chi connectivity index (χ3n) is 3.21. The molecule has 3 rings (SSSR count). The van der Waals surface area contributed by atoms with Gasteiger partial charge in [0.1, 0.15) is 6.61 Å². The van der Waals surface area contributed by atoms with Crippen molar-refractivity contribution in [3.8, 4) is 0 Å². The smallest absolute Gasteiger partial charge is 0.285 e. The topological polar surface area (TPSA) is 72.6 Å². The van der Waals surface area contributed by atoms with E-state index in [0.717, 1.165) is 23.6 Å². The number of amides is 2. The van der Waals surface area contributed by atoms with Crippen molar-refractivity contribution < 1.29 is 18.9 Å². The van der Waals surface area contributed by atoms with Crippen LogP contribution in [0.15, 0.2) is 34.9 Å². The Morgan fingerprint density at radius 2 is 1.86 bits per heavy atom. The summed E-state index contributed by atoms with van der Waals surface area (Å²) in [5.41, 5.74) is 1.54. The molecular weight excluding hydrogens is 272 g/mol. The van der Waals surface area contributed by atoms with Crippen molar-refractivity contribution in [2.24, 2.45) is 0 Å². The Morgan fingerprint density at radius 3 is 2.48 bits per heavy atom. The summed E-state index contributed by atoms with van der Waals surface area (Å²) < 4.78 is 5.10. The lowest BCUT2D eigenvalue weighted by atomic mass is 10.1. The molecule has 0 atom stereocenters. The molecule has 2 amide bonds. The fourth-order valence-corrected chi connectivity index (χ4v) is 2.21. The van der Waals surface area contributed by atoms with Crippen molar-refractivity contribution in [2.45, 2.75) is 26.4 Å². The summed E-state index contributed by atoms with van der Waals surface area (Å²) in [6.07, 6.45) is 1.78. The average Bonchev–Trinajstić information content (AvgIpc) is 3.03. The number of nitrogens with zero attached hydrogens (tertiary/aromatic N) is 2. The lowest BCUT2D eigenvalue weighted by Crippen LogP contribution is -2.29. The van der Waals surface area contributed by atoms with Gasteiger partial charge in [-0.2, -0.15) is 0 Å². The first-order chi connectivity index (χ1) is 10.2. The van der Waals surface area contributed by atoms with Gasteiger partial charge in [0.15, 0.2) is 5.76 Å². The molecule has 1 aromatic heterocycles. The normalized spacial score (nSPS) is 13.9. The van der Waals surface area contributed by atoms with Crippen LogP contribution in [0.4, 0.5) is 0 Å². The van der Waals surface area contributed by atoms with E-state index in [-0.39, 0.29) is 6.61 Å². The van der Waals surface area contributed by atoms with Gasteiger partial charge in [-0.3, -0.25) is 14.4 Å². The predicted octanol–water partition coefficient (Wildman–Crippen LogP) is 2.35. The number of aromatic nitrogens is 1. The molecule has 2 heterocycles. The highest BCUT2D eigenvalue weighted by atomic mass is 16.7. The highest BCUT2D eigenvalue weighted by Crippen LogP contribution is 2.23. The van der Waals surface area contributed by atoms with Gasteiger partial charge < -0.3 is 4.52 Å². The van der Waals surface area contributed by atoms with Gasteiger partial charge in [0.25, 0.3) is 11.8 Å². The zero-order chi connectivity index (χ0) is 14.8. The van der Waals surface area contributed by atoms with E-state index in [1.54, 1.807) is 30.3 Å². The lowest BCUT2D eigenvalue weighted by molar-refractivity contribution is -0.106. The SMILES string of the molecule is CCCc1cc(CON2C(=O)c3ccccc3C2=O)on1. The van der Waals surface area contributed by atoms with E-state index in [2.05, 4.69) is 5.16 Å². The van der Waals surface area contributed by atoms with Crippen molar-refractivity contribution in [3.05, 3.63) is 52.9 Å². The molecule has 0 saturated carbocycles. The van der Waals surface area contributed by atoms with Gasteiger partial charge >= 0.3 is 0 Å². The Morgan fingerprint density at radius 1 is 1.19 bits per heavy atom. The van der Waals surface area contributed by atoms with Crippen LogP contribution in [-0.4, -0.2) is 22.0 Å². The molecule has 1 aliphatic rings. The van der Waals surface area contributed by atoms with Crippen LogP contribution in [-0.2, 0) is 17.9 Å². The highest BCUT2D eigenvalue weighted by molar-refractivity contribution is 6.20. The fourth-order valence-electron chi connectivity index (χ4n) is 2.21. The molecule has 1 aromatic carbocycles. The molecule has 108 valence electrons. The Kier molecular flexibility index (Phi) is 3.53. The molecule has 2 aromatic rings. The molecule has 0 saturated heterocycles. The molecule has 0 spiro atoms. The summed E-state index contributed by atoms with van der Waals surface area (Å²) in [4.78, 5) is 29.4. The van der Waals surface area contributed by atoms with E-state index in [4.69, 9.17) is 9.36 Å². The van der Waals surface area contributed by atoms with E-state index in [1.165, 1.54) is 0 Å². The standard InChI is InChI=1S/C15H14N2O4/c1-2-5-10-8-11(21-16-10)9-20-17-14(18)12-6-3-4-7-13(12)15(17)19/h3-4,6-8H,2,5,9H2,1H3. The summed E-state index contributed by atoms with van der Waals surface area (Å²) in [5, 5.41) is 4.66. The third kappa shape index (κ3) is 2.45. The van der Waals surface area contributed by atoms with Crippen LogP contribution in [0.5, 0.6) is 0 Å². The molecular formula is C15H14N2O4. The summed E-state index contributed by atoms with van der Waals surface area (Å²) in [7, 11) is 0. The molecule has 1 aliphatic heterocycles. The number of carbonyl (C=O) groups is 2. The van der Waals surface area contributed by atoms with Crippen LogP contribution in [0.2, 0.25) is 0 Å². The third-order valence-corrected chi connectivity index (χ3v) is 3.21. The van der Waals surface area contributed by atoms with E-state index >= 15 is 0 Å². The second-order valence-electron chi connectivity index (χ2n) is 4.76. The molecule has 0 radical (unpaired) electrons. The van der Waals surface area contributed by atoms with Crippen molar-refractivity contribution in [1.82, 2.24) is 10.2 Å². The quantitative estimate of drug-likeness (QED) is 0.789. The molecule has 6 nitrogen and oxygen atoms in total. The summed E-state index contributed by atoms with van der Waals surface area (Å²) in [5.74, 6) is -0.428. The van der Waals surface area contributed by atoms with Gasteiger partial charge in [0, 0.05) is 6.07 Å². The summed E-state index contributed by atoms with van der Waals surface area (Å²) in [6.45, 7) is 2.03. The van der Waals surface area contributed by atoms with E-state index in [1.807, 2.05) is 6.92 Å². The van der Waals surface area contributed by atoms with Gasteiger partial charge in [-0.25, -0.2) is 0 Å². The van der Waals surface area contributed by atoms with Crippen molar-refractivity contribution in [1.29, 1.82) is 0 Å². The van der Waals surface area contributed by atoms with E-state index in [9.17, 15) is 9.59 Å². The van der Waals surface area contributed by atoms with Crippen LogP contribution in [0.3, 0.4) is 0 Å². The van der Waals surface area contributed by atoms with Crippen molar-refractivity contribution >= 4 is 11.8 Å². The highest BCUT2D eigenvalue weighted by Gasteiger charge is 2.36. The van der Waals surface area contributed by atoms with Gasteiger partial charge in [-0.05, 0) is 18.6 Å². The monoisotopic (exact) mass is 286 g/mol. The first-order valence-corrected chi connectivity index (χ1v) is 6.76. The fraction of sp³-hybridized carbons (Fsp3) is 0.267. The van der Waals surface area contributed by atoms with Crippen LogP contribution in [0.25, 0.3) is 0 Å². The number of imide groups is 1. The Labute approximate surface area is 121 Å². The number of carbonyl (C=O) groups excluding carboxylic acids is 2. The first kappa shape index (κ1) is 13.5. The molecule has 0 bridgehead atoms. The zero-order valence-electron chi connectivity index (χ0n) is 11.5. The number of rotatable bonds is 5. The van der Waals surface area contributed by atoms with Gasteiger partial charge in [0.05, 0.1) is 16.8 Å². The van der Waals surface area contributed by atoms with Crippen LogP contribution in [0.1, 0.15) is 45.5 Å². The van der Waals surface area contributed by atoms with Gasteiger partial charge in [-0.15, -0.1) is 5.06 Å². The maximum Gasteiger partial charge on any atom is 0.285 e. The Hall–Kier alpha value is -2.47. The van der Waals surface area contributed by atoms with Crippen molar-refractivity contribution in [2.75, 3.05) is 0 Å². The first-order valence-electron chi connectivity index (χ1n) is 6.76. The minimum absolute atomic E-state index is 0.0117. The second-order valence-corrected chi connectivity index (χ2v) is 4.76. The number of benzene rings is 1. The Bertz CT molecular complexity index is 657. The van der Waals surface area contributed by atoms with Crippen molar-refractivity contribution in [3.63, 3.8) is 0 Å². The van der Waals surface area contributed by atoms with E-state index < -0.39 is 11.8 Å². The van der Waals surface area contributed by atoms with Crippen LogP contribution in [0, 0.1) is 0 Å². The van der Waals surface area contributed by atoms with Gasteiger partial charge in [0.2, 0.25) is 0 Å².